The maximum absolute atomic E-state index is 9.41. The number of fused-ring (bicyclic) bond motifs is 1. The van der Waals surface area contributed by atoms with E-state index in [1.165, 1.54) is 0 Å². The Balaban J connectivity index is 2.75. The number of nitrogens with one attached hydrogen (secondary N) is 1. The molecule has 0 saturated heterocycles. The minimum Gasteiger partial charge on any atom is -0.387 e. The molecule has 0 bridgehead atoms. The Bertz CT molecular complexity index is 436. The lowest BCUT2D eigenvalue weighted by atomic mass is 10.1. The van der Waals surface area contributed by atoms with Crippen molar-refractivity contribution in [2.45, 2.75) is 13.0 Å². The molecule has 0 aliphatic carbocycles. The highest BCUT2D eigenvalue weighted by atomic mass is 79.9. The normalized spacial score (nSPS) is 13.5. The summed E-state index contributed by atoms with van der Waals surface area (Å²) in [4.78, 5) is 0. The van der Waals surface area contributed by atoms with Crippen molar-refractivity contribution in [2.75, 3.05) is 0 Å². The molecule has 2 N–H and O–H groups in total. The predicted octanol–water partition coefficient (Wildman–Crippen LogP) is 2.38. The van der Waals surface area contributed by atoms with Crippen LogP contribution in [0.15, 0.2) is 22.7 Å². The van der Waals surface area contributed by atoms with Crippen molar-refractivity contribution < 1.29 is 5.11 Å². The van der Waals surface area contributed by atoms with Gasteiger partial charge in [0, 0.05) is 9.86 Å². The Morgan fingerprint density at radius 1 is 1.54 bits per heavy atom. The quantitative estimate of drug-likeness (QED) is 0.805. The molecule has 68 valence electrons. The molecule has 4 heteroatoms. The lowest BCUT2D eigenvalue weighted by Crippen LogP contribution is -1.91. The van der Waals surface area contributed by atoms with Crippen LogP contribution >= 0.6 is 15.9 Å². The second-order valence-corrected chi connectivity index (χ2v) is 3.80. The third-order valence-corrected chi connectivity index (χ3v) is 2.62. The van der Waals surface area contributed by atoms with Gasteiger partial charge in [0.15, 0.2) is 0 Å². The van der Waals surface area contributed by atoms with Crippen molar-refractivity contribution >= 4 is 26.8 Å². The van der Waals surface area contributed by atoms with Crippen LogP contribution in [0.25, 0.3) is 10.9 Å². The Kier molecular flexibility index (Phi) is 2.09. The monoisotopic (exact) mass is 240 g/mol. The first kappa shape index (κ1) is 8.72. The number of hydrogen-bond acceptors (Lipinski definition) is 2. The van der Waals surface area contributed by atoms with Crippen LogP contribution in [0.2, 0.25) is 0 Å². The number of aromatic amines is 1. The van der Waals surface area contributed by atoms with Crippen LogP contribution in [0.1, 0.15) is 18.7 Å². The Morgan fingerprint density at radius 3 is 3.00 bits per heavy atom. The summed E-state index contributed by atoms with van der Waals surface area (Å²) in [5.74, 6) is 0. The molecule has 1 atom stereocenters. The van der Waals surface area contributed by atoms with Gasteiger partial charge in [0.05, 0.1) is 11.8 Å². The maximum atomic E-state index is 9.41. The second kappa shape index (κ2) is 3.12. The lowest BCUT2D eigenvalue weighted by Gasteiger charge is -1.99. The zero-order chi connectivity index (χ0) is 9.42. The van der Waals surface area contributed by atoms with Gasteiger partial charge in [-0.3, -0.25) is 5.10 Å². The molecule has 0 saturated carbocycles. The van der Waals surface area contributed by atoms with Crippen molar-refractivity contribution in [1.82, 2.24) is 10.2 Å². The number of H-pyrrole nitrogens is 1. The summed E-state index contributed by atoms with van der Waals surface area (Å²) >= 11 is 3.40. The molecule has 1 aromatic carbocycles. The summed E-state index contributed by atoms with van der Waals surface area (Å²) in [5.41, 5.74) is 1.62. The van der Waals surface area contributed by atoms with Crippen molar-refractivity contribution in [3.8, 4) is 0 Å². The fourth-order valence-corrected chi connectivity index (χ4v) is 1.80. The van der Waals surface area contributed by atoms with Gasteiger partial charge in [0.2, 0.25) is 0 Å². The number of halogens is 1. The van der Waals surface area contributed by atoms with Crippen LogP contribution in [0.3, 0.4) is 0 Å². The molecule has 0 spiro atoms. The molecule has 0 radical (unpaired) electrons. The number of para-hydroxylation sites is 1. The third-order valence-electron chi connectivity index (χ3n) is 1.98. The van der Waals surface area contributed by atoms with Crippen LogP contribution in [-0.2, 0) is 0 Å². The third kappa shape index (κ3) is 1.36. The standard InChI is InChI=1S/C9H9BrN2O/c1-5(13)8-6-3-2-4-7(10)9(6)12-11-8/h2-5,13H,1H3,(H,11,12). The largest absolute Gasteiger partial charge is 0.387 e. The molecule has 0 amide bonds. The fraction of sp³-hybridized carbons (Fsp3) is 0.222. The van der Waals surface area contributed by atoms with E-state index in [2.05, 4.69) is 26.1 Å². The molecule has 3 nitrogen and oxygen atoms in total. The smallest absolute Gasteiger partial charge is 0.107 e. The topological polar surface area (TPSA) is 48.9 Å². The number of hydrogen-bond donors (Lipinski definition) is 2. The maximum Gasteiger partial charge on any atom is 0.107 e. The fourth-order valence-electron chi connectivity index (χ4n) is 1.34. The van der Waals surface area contributed by atoms with Crippen molar-refractivity contribution in [1.29, 1.82) is 0 Å². The van der Waals surface area contributed by atoms with E-state index in [0.717, 1.165) is 21.1 Å². The summed E-state index contributed by atoms with van der Waals surface area (Å²) in [6, 6.07) is 5.79. The van der Waals surface area contributed by atoms with Gasteiger partial charge in [-0.15, -0.1) is 0 Å². The first-order valence-corrected chi connectivity index (χ1v) is 4.80. The van der Waals surface area contributed by atoms with E-state index < -0.39 is 6.10 Å². The zero-order valence-corrected chi connectivity index (χ0v) is 8.67. The summed E-state index contributed by atoms with van der Waals surface area (Å²) in [6.45, 7) is 1.72. The summed E-state index contributed by atoms with van der Waals surface area (Å²) < 4.78 is 0.938. The van der Waals surface area contributed by atoms with Crippen LogP contribution in [-0.4, -0.2) is 15.3 Å². The summed E-state index contributed by atoms with van der Waals surface area (Å²) in [5, 5.41) is 17.3. The van der Waals surface area contributed by atoms with E-state index in [1.54, 1.807) is 6.92 Å². The molecule has 1 aromatic heterocycles. The van der Waals surface area contributed by atoms with Crippen LogP contribution in [0.5, 0.6) is 0 Å². The van der Waals surface area contributed by atoms with Gasteiger partial charge in [-0.1, -0.05) is 12.1 Å². The lowest BCUT2D eigenvalue weighted by molar-refractivity contribution is 0.195. The number of benzene rings is 1. The Labute approximate surface area is 83.9 Å². The van der Waals surface area contributed by atoms with Crippen LogP contribution < -0.4 is 0 Å². The average molecular weight is 241 g/mol. The second-order valence-electron chi connectivity index (χ2n) is 2.95. The molecule has 2 aromatic rings. The van der Waals surface area contributed by atoms with E-state index in [9.17, 15) is 5.11 Å². The number of aliphatic hydroxyl groups is 1. The van der Waals surface area contributed by atoms with Crippen LogP contribution in [0.4, 0.5) is 0 Å². The van der Waals surface area contributed by atoms with Crippen molar-refractivity contribution in [3.05, 3.63) is 28.4 Å². The molecule has 2 rings (SSSR count). The Morgan fingerprint density at radius 2 is 2.31 bits per heavy atom. The van der Waals surface area contributed by atoms with Gasteiger partial charge in [-0.25, -0.2) is 0 Å². The molecule has 1 unspecified atom stereocenters. The summed E-state index contributed by atoms with van der Waals surface area (Å²) in [6.07, 6.45) is -0.515. The first-order valence-electron chi connectivity index (χ1n) is 4.00. The molecular formula is C9H9BrN2O. The highest BCUT2D eigenvalue weighted by molar-refractivity contribution is 9.10. The molecule has 13 heavy (non-hydrogen) atoms. The number of aliphatic hydroxyl groups excluding tert-OH is 1. The number of aromatic nitrogens is 2. The zero-order valence-electron chi connectivity index (χ0n) is 7.08. The van der Waals surface area contributed by atoms with E-state index in [4.69, 9.17) is 0 Å². The van der Waals surface area contributed by atoms with E-state index in [-0.39, 0.29) is 0 Å². The minimum absolute atomic E-state index is 0.515. The first-order chi connectivity index (χ1) is 6.20. The van der Waals surface area contributed by atoms with E-state index >= 15 is 0 Å². The SMILES string of the molecule is CC(O)c1[nH]nc2c(Br)cccc12. The van der Waals surface area contributed by atoms with Crippen molar-refractivity contribution in [3.63, 3.8) is 0 Å². The number of nitrogens with zero attached hydrogens (tertiary/aromatic N) is 1. The van der Waals surface area contributed by atoms with Crippen LogP contribution in [0, 0.1) is 0 Å². The molecule has 0 aliphatic heterocycles. The molecule has 0 fully saturated rings. The van der Waals surface area contributed by atoms with Gasteiger partial charge in [-0.05, 0) is 28.9 Å². The Hall–Kier alpha value is -0.870. The molecule has 0 aliphatic rings. The minimum atomic E-state index is -0.515. The van der Waals surface area contributed by atoms with Gasteiger partial charge in [-0.2, -0.15) is 5.10 Å². The highest BCUT2D eigenvalue weighted by Gasteiger charge is 2.10. The highest BCUT2D eigenvalue weighted by Crippen LogP contribution is 2.26. The summed E-state index contributed by atoms with van der Waals surface area (Å²) in [7, 11) is 0. The predicted molar refractivity (Wildman–Crippen MR) is 54.4 cm³/mol. The van der Waals surface area contributed by atoms with Crippen molar-refractivity contribution in [2.24, 2.45) is 0 Å². The average Bonchev–Trinajstić information content (AvgIpc) is 2.48. The molecular weight excluding hydrogens is 232 g/mol. The van der Waals surface area contributed by atoms with Gasteiger partial charge < -0.3 is 5.11 Å². The van der Waals surface area contributed by atoms with Gasteiger partial charge >= 0.3 is 0 Å². The number of rotatable bonds is 1. The molecule has 1 heterocycles. The van der Waals surface area contributed by atoms with E-state index in [0.29, 0.717) is 0 Å². The van der Waals surface area contributed by atoms with Gasteiger partial charge in [0.1, 0.15) is 5.52 Å². The van der Waals surface area contributed by atoms with E-state index in [1.807, 2.05) is 18.2 Å². The van der Waals surface area contributed by atoms with Gasteiger partial charge in [0.25, 0.3) is 0 Å².